The number of nitrogens with one attached hydrogen (secondary N) is 2. The molecule has 4 rings (SSSR count). The minimum absolute atomic E-state index is 0.243. The van der Waals surface area contributed by atoms with Gasteiger partial charge in [0.05, 0.1) is 7.11 Å². The maximum atomic E-state index is 13.3. The average Bonchev–Trinajstić information content (AvgIpc) is 3.44. The first-order valence-corrected chi connectivity index (χ1v) is 9.55. The molecule has 0 amide bonds. The van der Waals surface area contributed by atoms with Crippen molar-refractivity contribution in [3.63, 3.8) is 0 Å². The van der Waals surface area contributed by atoms with Crippen LogP contribution in [0.1, 0.15) is 44.2 Å². The fourth-order valence-electron chi connectivity index (χ4n) is 3.36. The second-order valence-corrected chi connectivity index (χ2v) is 6.87. The fourth-order valence-corrected chi connectivity index (χ4v) is 3.36. The molecule has 0 saturated heterocycles. The van der Waals surface area contributed by atoms with E-state index < -0.39 is 0 Å². The number of aromatic nitrogens is 4. The first kappa shape index (κ1) is 19.9. The third kappa shape index (κ3) is 5.36. The summed E-state index contributed by atoms with van der Waals surface area (Å²) < 4.78 is 18.3. The molecule has 2 aromatic carbocycles. The van der Waals surface area contributed by atoms with Crippen molar-refractivity contribution in [1.29, 1.82) is 0 Å². The van der Waals surface area contributed by atoms with Gasteiger partial charge in [-0.1, -0.05) is 49.2 Å². The molecular formula is C21H26FN5O. The lowest BCUT2D eigenvalue weighted by Crippen LogP contribution is -2.28. The molecule has 148 valence electrons. The van der Waals surface area contributed by atoms with Crippen molar-refractivity contribution in [2.45, 2.75) is 44.7 Å². The van der Waals surface area contributed by atoms with Gasteiger partial charge in [0.1, 0.15) is 0 Å². The zero-order chi connectivity index (χ0) is 19.8. The average molecular weight is 383 g/mol. The van der Waals surface area contributed by atoms with Crippen molar-refractivity contribution in [3.8, 4) is 17.1 Å². The molecule has 28 heavy (non-hydrogen) atoms. The minimum atomic E-state index is -0.302. The Morgan fingerprint density at radius 2 is 1.89 bits per heavy atom. The van der Waals surface area contributed by atoms with E-state index >= 15 is 0 Å². The van der Waals surface area contributed by atoms with Crippen LogP contribution in [-0.4, -0.2) is 33.8 Å². The van der Waals surface area contributed by atoms with Crippen molar-refractivity contribution in [3.05, 3.63) is 59.9 Å². The van der Waals surface area contributed by atoms with Crippen LogP contribution >= 0.6 is 0 Å². The summed E-state index contributed by atoms with van der Waals surface area (Å²) in [4.78, 5) is 0. The number of ether oxygens (including phenoxy) is 1. The third-order valence-corrected chi connectivity index (χ3v) is 4.89. The van der Waals surface area contributed by atoms with E-state index in [1.807, 2.05) is 36.4 Å². The van der Waals surface area contributed by atoms with E-state index in [9.17, 15) is 4.39 Å². The van der Waals surface area contributed by atoms with E-state index in [0.717, 1.165) is 11.1 Å². The molecule has 1 aliphatic rings. The minimum Gasteiger partial charge on any atom is -0.494 e. The number of benzene rings is 2. The number of rotatable bonds is 5. The summed E-state index contributed by atoms with van der Waals surface area (Å²) in [5, 5.41) is 17.1. The van der Waals surface area contributed by atoms with Gasteiger partial charge in [-0.2, -0.15) is 5.21 Å². The second-order valence-electron chi connectivity index (χ2n) is 6.87. The monoisotopic (exact) mass is 383 g/mol. The summed E-state index contributed by atoms with van der Waals surface area (Å²) >= 11 is 0. The molecule has 1 aromatic heterocycles. The molecule has 3 aromatic rings. The second kappa shape index (κ2) is 9.94. The SMILES string of the molecule is COc1cc(C(C)NC2CCCC2)ccc1F.c1ccc(-c2nn[nH]n2)cc1. The van der Waals surface area contributed by atoms with Crippen LogP contribution < -0.4 is 10.1 Å². The maximum Gasteiger partial charge on any atom is 0.204 e. The van der Waals surface area contributed by atoms with Crippen LogP contribution in [0.2, 0.25) is 0 Å². The number of H-pyrrole nitrogens is 1. The van der Waals surface area contributed by atoms with Gasteiger partial charge in [-0.25, -0.2) is 4.39 Å². The zero-order valence-electron chi connectivity index (χ0n) is 16.2. The van der Waals surface area contributed by atoms with Gasteiger partial charge in [-0.15, -0.1) is 10.2 Å². The molecule has 1 unspecified atom stereocenters. The summed E-state index contributed by atoms with van der Waals surface area (Å²) in [5.74, 6) is 0.650. The van der Waals surface area contributed by atoms with Crippen molar-refractivity contribution >= 4 is 0 Å². The number of hydrogen-bond acceptors (Lipinski definition) is 5. The molecule has 1 atom stereocenters. The Hall–Kier alpha value is -2.80. The maximum absolute atomic E-state index is 13.3. The number of nitrogens with zero attached hydrogens (tertiary/aromatic N) is 3. The summed E-state index contributed by atoms with van der Waals surface area (Å²) in [7, 11) is 1.50. The Balaban J connectivity index is 0.000000176. The summed E-state index contributed by atoms with van der Waals surface area (Å²) in [6.07, 6.45) is 5.14. The fraction of sp³-hybridized carbons (Fsp3) is 0.381. The van der Waals surface area contributed by atoms with Crippen LogP contribution in [0, 0.1) is 5.82 Å². The van der Waals surface area contributed by atoms with E-state index in [1.54, 1.807) is 6.07 Å². The first-order valence-electron chi connectivity index (χ1n) is 9.55. The highest BCUT2D eigenvalue weighted by Crippen LogP contribution is 2.25. The topological polar surface area (TPSA) is 75.7 Å². The van der Waals surface area contributed by atoms with Crippen LogP contribution in [0.15, 0.2) is 48.5 Å². The summed E-state index contributed by atoms with van der Waals surface area (Å²) in [6, 6.07) is 15.6. The van der Waals surface area contributed by atoms with Gasteiger partial charge in [0.2, 0.25) is 5.82 Å². The van der Waals surface area contributed by atoms with Gasteiger partial charge in [-0.05, 0) is 42.7 Å². The molecule has 1 fully saturated rings. The van der Waals surface area contributed by atoms with Crippen LogP contribution in [0.5, 0.6) is 5.75 Å². The smallest absolute Gasteiger partial charge is 0.204 e. The number of tetrazole rings is 1. The van der Waals surface area contributed by atoms with Gasteiger partial charge in [0.15, 0.2) is 11.6 Å². The van der Waals surface area contributed by atoms with Gasteiger partial charge >= 0.3 is 0 Å². The highest BCUT2D eigenvalue weighted by atomic mass is 19.1. The summed E-state index contributed by atoms with van der Waals surface area (Å²) in [5.41, 5.74) is 2.05. The predicted octanol–water partition coefficient (Wildman–Crippen LogP) is 4.29. The number of halogens is 1. The standard InChI is InChI=1S/C14H20FNO.C7H6N4/c1-10(16-12-5-3-4-6-12)11-7-8-13(15)14(9-11)17-2;1-2-4-6(5-3-1)7-8-10-11-9-7/h7-10,12,16H,3-6H2,1-2H3;1-5H,(H,8,9,10,11). The molecule has 7 heteroatoms. The van der Waals surface area contributed by atoms with Crippen LogP contribution in [0.3, 0.4) is 0 Å². The highest BCUT2D eigenvalue weighted by molar-refractivity contribution is 5.52. The van der Waals surface area contributed by atoms with Crippen LogP contribution in [0.4, 0.5) is 4.39 Å². The molecule has 1 saturated carbocycles. The lowest BCUT2D eigenvalue weighted by atomic mass is 10.1. The Kier molecular flexibility index (Phi) is 7.08. The lowest BCUT2D eigenvalue weighted by Gasteiger charge is -2.20. The molecule has 1 heterocycles. The molecule has 0 radical (unpaired) electrons. The molecule has 0 spiro atoms. The normalized spacial score (nSPS) is 15.0. The van der Waals surface area contributed by atoms with Gasteiger partial charge in [-0.3, -0.25) is 0 Å². The molecular weight excluding hydrogens is 357 g/mol. The van der Waals surface area contributed by atoms with Crippen molar-refractivity contribution in [2.24, 2.45) is 0 Å². The molecule has 0 bridgehead atoms. The van der Waals surface area contributed by atoms with Gasteiger partial charge < -0.3 is 10.1 Å². The Morgan fingerprint density at radius 3 is 2.54 bits per heavy atom. The van der Waals surface area contributed by atoms with E-state index in [-0.39, 0.29) is 11.9 Å². The molecule has 0 aliphatic heterocycles. The Bertz CT molecular complexity index is 835. The van der Waals surface area contributed by atoms with E-state index in [4.69, 9.17) is 4.74 Å². The van der Waals surface area contributed by atoms with Crippen LogP contribution in [-0.2, 0) is 0 Å². The lowest BCUT2D eigenvalue weighted by molar-refractivity contribution is 0.384. The summed E-state index contributed by atoms with van der Waals surface area (Å²) in [6.45, 7) is 2.12. The number of methoxy groups -OCH3 is 1. The van der Waals surface area contributed by atoms with Crippen molar-refractivity contribution in [1.82, 2.24) is 25.9 Å². The van der Waals surface area contributed by atoms with E-state index in [1.165, 1.54) is 38.9 Å². The first-order chi connectivity index (χ1) is 13.7. The highest BCUT2D eigenvalue weighted by Gasteiger charge is 2.18. The Morgan fingerprint density at radius 1 is 1.14 bits per heavy atom. The third-order valence-electron chi connectivity index (χ3n) is 4.89. The number of aromatic amines is 1. The van der Waals surface area contributed by atoms with Crippen molar-refractivity contribution in [2.75, 3.05) is 7.11 Å². The number of hydrogen-bond donors (Lipinski definition) is 2. The van der Waals surface area contributed by atoms with Crippen LogP contribution in [0.25, 0.3) is 11.4 Å². The zero-order valence-corrected chi connectivity index (χ0v) is 16.2. The van der Waals surface area contributed by atoms with Gasteiger partial charge in [0, 0.05) is 17.6 Å². The molecule has 6 nitrogen and oxygen atoms in total. The quantitative estimate of drug-likeness (QED) is 0.687. The van der Waals surface area contributed by atoms with E-state index in [2.05, 4.69) is 32.9 Å². The molecule has 1 aliphatic carbocycles. The largest absolute Gasteiger partial charge is 0.494 e. The predicted molar refractivity (Wildman–Crippen MR) is 106 cm³/mol. The molecule has 2 N–H and O–H groups in total. The van der Waals surface area contributed by atoms with E-state index in [0.29, 0.717) is 17.6 Å². The van der Waals surface area contributed by atoms with Gasteiger partial charge in [0.25, 0.3) is 0 Å². The Labute approximate surface area is 164 Å². The van der Waals surface area contributed by atoms with Crippen molar-refractivity contribution < 1.29 is 9.13 Å².